The van der Waals surface area contributed by atoms with Crippen molar-refractivity contribution in [3.05, 3.63) is 101 Å². The minimum absolute atomic E-state index is 0.156. The van der Waals surface area contributed by atoms with Crippen LogP contribution in [-0.2, 0) is 11.3 Å². The number of rotatable bonds is 5. The lowest BCUT2D eigenvalue weighted by Gasteiger charge is -2.11. The maximum atomic E-state index is 11.2. The fourth-order valence-corrected chi connectivity index (χ4v) is 2.70. The fraction of sp³-hybridized carbons (Fsp3) is 0.130. The summed E-state index contributed by atoms with van der Waals surface area (Å²) in [4.78, 5) is 11.2. The summed E-state index contributed by atoms with van der Waals surface area (Å²) in [5.41, 5.74) is 3.75. The molecule has 0 heterocycles. The highest BCUT2D eigenvalue weighted by atomic mass is 35.5. The van der Waals surface area contributed by atoms with E-state index in [9.17, 15) is 4.79 Å². The molecule has 3 N–H and O–H groups in total. The van der Waals surface area contributed by atoms with E-state index in [2.05, 4.69) is 22.8 Å². The SMILES string of the molecule is CC(=O)Nc1ccccc1C(=N)c1ccc(Cl)cc1.CNCc1ccccc1. The lowest BCUT2D eigenvalue weighted by molar-refractivity contribution is -0.114. The molecule has 3 aromatic rings. The van der Waals surface area contributed by atoms with Crippen LogP contribution in [0.3, 0.4) is 0 Å². The summed E-state index contributed by atoms with van der Waals surface area (Å²) in [7, 11) is 1.95. The van der Waals surface area contributed by atoms with Crippen molar-refractivity contribution < 1.29 is 4.79 Å². The summed E-state index contributed by atoms with van der Waals surface area (Å²) in [6, 6.07) is 24.6. The number of carbonyl (C=O) groups is 1. The van der Waals surface area contributed by atoms with Crippen LogP contribution in [0.5, 0.6) is 0 Å². The largest absolute Gasteiger partial charge is 0.326 e. The van der Waals surface area contributed by atoms with Crippen molar-refractivity contribution >= 4 is 28.9 Å². The topological polar surface area (TPSA) is 65.0 Å². The Morgan fingerprint density at radius 3 is 2.14 bits per heavy atom. The van der Waals surface area contributed by atoms with Gasteiger partial charge < -0.3 is 10.6 Å². The summed E-state index contributed by atoms with van der Waals surface area (Å²) >= 11 is 5.83. The van der Waals surface area contributed by atoms with Crippen LogP contribution in [0.1, 0.15) is 23.6 Å². The first-order chi connectivity index (χ1) is 13.5. The Labute approximate surface area is 171 Å². The molecule has 0 saturated carbocycles. The number of hydrogen-bond acceptors (Lipinski definition) is 3. The number of nitrogens with one attached hydrogen (secondary N) is 3. The van der Waals surface area contributed by atoms with E-state index in [0.717, 1.165) is 12.1 Å². The molecule has 0 spiro atoms. The zero-order valence-electron chi connectivity index (χ0n) is 16.0. The first-order valence-electron chi connectivity index (χ1n) is 8.91. The predicted octanol–water partition coefficient (Wildman–Crippen LogP) is 5.12. The lowest BCUT2D eigenvalue weighted by Crippen LogP contribution is -2.11. The number of benzene rings is 3. The quantitative estimate of drug-likeness (QED) is 0.526. The van der Waals surface area contributed by atoms with E-state index >= 15 is 0 Å². The second-order valence-electron chi connectivity index (χ2n) is 6.12. The van der Waals surface area contributed by atoms with Crippen molar-refractivity contribution in [1.29, 1.82) is 5.41 Å². The molecular formula is C23H24ClN3O. The molecule has 0 aliphatic rings. The van der Waals surface area contributed by atoms with Crippen LogP contribution in [0.4, 0.5) is 5.69 Å². The molecule has 0 atom stereocenters. The number of halogens is 1. The smallest absolute Gasteiger partial charge is 0.221 e. The standard InChI is InChI=1S/C15H13ClN2O.C8H11N/c1-10(19)18-14-5-3-2-4-13(14)15(17)11-6-8-12(16)9-7-11;1-9-7-8-5-3-2-4-6-8/h2-9,17H,1H3,(H,18,19);2-6,9H,7H2,1H3. The number of amides is 1. The third-order valence-corrected chi connectivity index (χ3v) is 4.12. The molecule has 0 aliphatic carbocycles. The Hall–Kier alpha value is -2.95. The molecule has 0 unspecified atom stereocenters. The Morgan fingerprint density at radius 1 is 0.929 bits per heavy atom. The van der Waals surface area contributed by atoms with Gasteiger partial charge in [0.15, 0.2) is 0 Å². The number of carbonyl (C=O) groups excluding carboxylic acids is 1. The molecule has 4 nitrogen and oxygen atoms in total. The molecule has 28 heavy (non-hydrogen) atoms. The Morgan fingerprint density at radius 2 is 1.54 bits per heavy atom. The first kappa shape index (κ1) is 21.4. The molecule has 0 aliphatic heterocycles. The molecule has 1 amide bonds. The lowest BCUT2D eigenvalue weighted by atomic mass is 10.0. The highest BCUT2D eigenvalue weighted by Crippen LogP contribution is 2.20. The number of hydrogen-bond donors (Lipinski definition) is 3. The van der Waals surface area contributed by atoms with Gasteiger partial charge in [0.05, 0.1) is 11.4 Å². The zero-order chi connectivity index (χ0) is 20.4. The van der Waals surface area contributed by atoms with Gasteiger partial charge >= 0.3 is 0 Å². The zero-order valence-corrected chi connectivity index (χ0v) is 16.8. The molecule has 0 bridgehead atoms. The number of para-hydroxylation sites is 1. The Balaban J connectivity index is 0.000000261. The van der Waals surface area contributed by atoms with Gasteiger partial charge in [-0.15, -0.1) is 0 Å². The maximum Gasteiger partial charge on any atom is 0.221 e. The van der Waals surface area contributed by atoms with Crippen LogP contribution < -0.4 is 10.6 Å². The Kier molecular flexibility index (Phi) is 8.40. The van der Waals surface area contributed by atoms with Crippen molar-refractivity contribution in [3.8, 4) is 0 Å². The molecule has 0 aromatic heterocycles. The van der Waals surface area contributed by atoms with Gasteiger partial charge in [-0.3, -0.25) is 10.2 Å². The minimum atomic E-state index is -0.156. The van der Waals surface area contributed by atoms with Crippen LogP contribution in [0.2, 0.25) is 5.02 Å². The fourth-order valence-electron chi connectivity index (χ4n) is 2.57. The van der Waals surface area contributed by atoms with E-state index in [1.807, 2.05) is 43.4 Å². The summed E-state index contributed by atoms with van der Waals surface area (Å²) in [6.45, 7) is 2.41. The summed E-state index contributed by atoms with van der Waals surface area (Å²) < 4.78 is 0. The van der Waals surface area contributed by atoms with Gasteiger partial charge in [0.2, 0.25) is 5.91 Å². The molecule has 0 radical (unpaired) electrons. The molecule has 3 rings (SSSR count). The van der Waals surface area contributed by atoms with E-state index in [1.54, 1.807) is 30.3 Å². The van der Waals surface area contributed by atoms with Crippen LogP contribution in [-0.4, -0.2) is 18.7 Å². The molecule has 3 aromatic carbocycles. The van der Waals surface area contributed by atoms with Gasteiger partial charge in [-0.1, -0.05) is 72.3 Å². The van der Waals surface area contributed by atoms with E-state index in [0.29, 0.717) is 22.0 Å². The third-order valence-electron chi connectivity index (χ3n) is 3.86. The monoisotopic (exact) mass is 393 g/mol. The average Bonchev–Trinajstić information content (AvgIpc) is 2.70. The molecule has 144 valence electrons. The van der Waals surface area contributed by atoms with Crippen LogP contribution in [0, 0.1) is 5.41 Å². The predicted molar refractivity (Wildman–Crippen MR) is 117 cm³/mol. The second kappa shape index (κ2) is 11.0. The van der Waals surface area contributed by atoms with Crippen LogP contribution in [0.25, 0.3) is 0 Å². The van der Waals surface area contributed by atoms with E-state index < -0.39 is 0 Å². The van der Waals surface area contributed by atoms with Crippen molar-refractivity contribution in [3.63, 3.8) is 0 Å². The van der Waals surface area contributed by atoms with Gasteiger partial charge in [-0.25, -0.2) is 0 Å². The van der Waals surface area contributed by atoms with E-state index in [1.165, 1.54) is 12.5 Å². The van der Waals surface area contributed by atoms with Gasteiger partial charge in [0, 0.05) is 29.6 Å². The summed E-state index contributed by atoms with van der Waals surface area (Å²) in [5.74, 6) is -0.156. The van der Waals surface area contributed by atoms with Crippen LogP contribution >= 0.6 is 11.6 Å². The van der Waals surface area contributed by atoms with Crippen LogP contribution in [0.15, 0.2) is 78.9 Å². The summed E-state index contributed by atoms with van der Waals surface area (Å²) in [6.07, 6.45) is 0. The highest BCUT2D eigenvalue weighted by Gasteiger charge is 2.10. The second-order valence-corrected chi connectivity index (χ2v) is 6.56. The Bertz CT molecular complexity index is 909. The highest BCUT2D eigenvalue weighted by molar-refractivity contribution is 6.30. The van der Waals surface area contributed by atoms with Crippen molar-refractivity contribution in [1.82, 2.24) is 5.32 Å². The minimum Gasteiger partial charge on any atom is -0.326 e. The maximum absolute atomic E-state index is 11.2. The number of anilines is 1. The summed E-state index contributed by atoms with van der Waals surface area (Å²) in [5, 5.41) is 14.7. The molecular weight excluding hydrogens is 370 g/mol. The van der Waals surface area contributed by atoms with Crippen molar-refractivity contribution in [2.45, 2.75) is 13.5 Å². The molecule has 5 heteroatoms. The van der Waals surface area contributed by atoms with E-state index in [-0.39, 0.29) is 5.91 Å². The van der Waals surface area contributed by atoms with E-state index in [4.69, 9.17) is 17.0 Å². The third kappa shape index (κ3) is 6.65. The molecule has 0 fully saturated rings. The average molecular weight is 394 g/mol. The van der Waals surface area contributed by atoms with Gasteiger partial charge in [-0.2, -0.15) is 0 Å². The van der Waals surface area contributed by atoms with Crippen molar-refractivity contribution in [2.24, 2.45) is 0 Å². The van der Waals surface area contributed by atoms with Gasteiger partial charge in [0.1, 0.15) is 0 Å². The normalized spacial score (nSPS) is 9.82. The van der Waals surface area contributed by atoms with Gasteiger partial charge in [-0.05, 0) is 30.8 Å². The van der Waals surface area contributed by atoms with Gasteiger partial charge in [0.25, 0.3) is 0 Å². The van der Waals surface area contributed by atoms with Crippen molar-refractivity contribution in [2.75, 3.05) is 12.4 Å². The first-order valence-corrected chi connectivity index (χ1v) is 9.29. The molecule has 0 saturated heterocycles.